The van der Waals surface area contributed by atoms with Gasteiger partial charge in [-0.15, -0.1) is 0 Å². The molecule has 6 nitrogen and oxygen atoms in total. The Labute approximate surface area is 166 Å². The van der Waals surface area contributed by atoms with Crippen LogP contribution >= 0.6 is 0 Å². The van der Waals surface area contributed by atoms with E-state index in [9.17, 15) is 4.79 Å². The summed E-state index contributed by atoms with van der Waals surface area (Å²) in [5.74, 6) is -0.455. The molecule has 0 radical (unpaired) electrons. The van der Waals surface area contributed by atoms with Crippen molar-refractivity contribution >= 4 is 5.91 Å². The fourth-order valence-electron chi connectivity index (χ4n) is 3.95. The van der Waals surface area contributed by atoms with Crippen molar-refractivity contribution in [3.8, 4) is 11.3 Å². The van der Waals surface area contributed by atoms with Crippen LogP contribution in [-0.4, -0.2) is 52.7 Å². The Morgan fingerprint density at radius 2 is 1.68 bits per heavy atom. The SMILES string of the molecule is Cn1nc(-c2ccc(C(C)(C)C)cc2)cc1C(=O)N1CCC2(CC1)OCCO2. The number of piperidine rings is 1. The molecule has 3 heterocycles. The largest absolute Gasteiger partial charge is 0.347 e. The lowest BCUT2D eigenvalue weighted by Crippen LogP contribution is -2.47. The van der Waals surface area contributed by atoms with E-state index in [4.69, 9.17) is 9.47 Å². The molecule has 150 valence electrons. The molecule has 2 aromatic rings. The lowest BCUT2D eigenvalue weighted by atomic mass is 9.86. The fourth-order valence-corrected chi connectivity index (χ4v) is 3.95. The van der Waals surface area contributed by atoms with E-state index in [1.165, 1.54) is 5.56 Å². The lowest BCUT2D eigenvalue weighted by molar-refractivity contribution is -0.181. The van der Waals surface area contributed by atoms with Gasteiger partial charge in [0.15, 0.2) is 5.79 Å². The second-order valence-electron chi connectivity index (χ2n) is 8.77. The first-order valence-electron chi connectivity index (χ1n) is 10.00. The van der Waals surface area contributed by atoms with Gasteiger partial charge in [0.25, 0.3) is 5.91 Å². The van der Waals surface area contributed by atoms with Gasteiger partial charge in [0.1, 0.15) is 5.69 Å². The number of benzene rings is 1. The van der Waals surface area contributed by atoms with E-state index in [1.807, 2.05) is 18.0 Å². The standard InChI is InChI=1S/C22H29N3O3/c1-21(2,3)17-7-5-16(6-8-17)18-15-19(24(4)23-18)20(26)25-11-9-22(10-12-25)27-13-14-28-22/h5-8,15H,9-14H2,1-4H3. The molecule has 0 aliphatic carbocycles. The number of hydrogen-bond donors (Lipinski definition) is 0. The van der Waals surface area contributed by atoms with Crippen LogP contribution in [0.5, 0.6) is 0 Å². The molecule has 1 aromatic heterocycles. The number of amides is 1. The first-order chi connectivity index (χ1) is 13.3. The van der Waals surface area contributed by atoms with Crippen molar-refractivity contribution in [2.24, 2.45) is 7.05 Å². The van der Waals surface area contributed by atoms with Crippen molar-refractivity contribution in [1.29, 1.82) is 0 Å². The summed E-state index contributed by atoms with van der Waals surface area (Å²) in [7, 11) is 1.83. The third-order valence-electron chi connectivity index (χ3n) is 5.77. The highest BCUT2D eigenvalue weighted by Gasteiger charge is 2.41. The number of aromatic nitrogens is 2. The summed E-state index contributed by atoms with van der Waals surface area (Å²) in [6.07, 6.45) is 1.44. The third-order valence-corrected chi connectivity index (χ3v) is 5.77. The summed E-state index contributed by atoms with van der Waals surface area (Å²) >= 11 is 0. The summed E-state index contributed by atoms with van der Waals surface area (Å²) in [5, 5.41) is 4.58. The van der Waals surface area contributed by atoms with Gasteiger partial charge in [0.05, 0.1) is 18.9 Å². The summed E-state index contributed by atoms with van der Waals surface area (Å²) in [6, 6.07) is 10.3. The first-order valence-corrected chi connectivity index (χ1v) is 10.00. The lowest BCUT2D eigenvalue weighted by Gasteiger charge is -2.37. The van der Waals surface area contributed by atoms with Crippen LogP contribution in [-0.2, 0) is 21.9 Å². The number of carbonyl (C=O) groups excluding carboxylic acids is 1. The number of hydrogen-bond acceptors (Lipinski definition) is 4. The third kappa shape index (κ3) is 3.59. The van der Waals surface area contributed by atoms with Gasteiger partial charge in [-0.1, -0.05) is 45.0 Å². The fraction of sp³-hybridized carbons (Fsp3) is 0.545. The Morgan fingerprint density at radius 1 is 1.07 bits per heavy atom. The number of likely N-dealkylation sites (tertiary alicyclic amines) is 1. The normalized spacial score (nSPS) is 19.4. The summed E-state index contributed by atoms with van der Waals surface area (Å²) in [4.78, 5) is 14.9. The molecule has 0 atom stereocenters. The molecule has 1 amide bonds. The maximum Gasteiger partial charge on any atom is 0.272 e. The smallest absolute Gasteiger partial charge is 0.272 e. The summed E-state index contributed by atoms with van der Waals surface area (Å²) in [6.45, 7) is 9.16. The number of aryl methyl sites for hydroxylation is 1. The average molecular weight is 383 g/mol. The van der Waals surface area contributed by atoms with Crippen LogP contribution in [0.4, 0.5) is 0 Å². The van der Waals surface area contributed by atoms with Crippen molar-refractivity contribution in [2.45, 2.75) is 44.8 Å². The minimum Gasteiger partial charge on any atom is -0.347 e. The Balaban J connectivity index is 1.49. The quantitative estimate of drug-likeness (QED) is 0.798. The second-order valence-corrected chi connectivity index (χ2v) is 8.77. The van der Waals surface area contributed by atoms with Crippen LogP contribution in [0.15, 0.2) is 30.3 Å². The maximum absolute atomic E-state index is 13.0. The molecule has 0 unspecified atom stereocenters. The molecule has 4 rings (SSSR count). The zero-order valence-electron chi connectivity index (χ0n) is 17.2. The van der Waals surface area contributed by atoms with Gasteiger partial charge in [-0.25, -0.2) is 0 Å². The predicted octanol–water partition coefficient (Wildman–Crippen LogP) is 3.36. The van der Waals surface area contributed by atoms with E-state index in [-0.39, 0.29) is 11.3 Å². The molecular weight excluding hydrogens is 354 g/mol. The zero-order chi connectivity index (χ0) is 19.9. The number of nitrogens with zero attached hydrogens (tertiary/aromatic N) is 3. The average Bonchev–Trinajstić information content (AvgIpc) is 3.28. The predicted molar refractivity (Wildman–Crippen MR) is 107 cm³/mol. The maximum atomic E-state index is 13.0. The van der Waals surface area contributed by atoms with Gasteiger partial charge >= 0.3 is 0 Å². The molecule has 2 aliphatic heterocycles. The number of rotatable bonds is 2. The van der Waals surface area contributed by atoms with E-state index in [1.54, 1.807) is 4.68 Å². The zero-order valence-corrected chi connectivity index (χ0v) is 17.2. The van der Waals surface area contributed by atoms with Crippen LogP contribution in [0, 0.1) is 0 Å². The molecule has 1 spiro atoms. The Kier molecular flexibility index (Phi) is 4.79. The van der Waals surface area contributed by atoms with Crippen LogP contribution in [0.1, 0.15) is 49.7 Å². The Bertz CT molecular complexity index is 848. The Hall–Kier alpha value is -2.18. The molecule has 0 saturated carbocycles. The molecule has 1 aromatic carbocycles. The van der Waals surface area contributed by atoms with Crippen LogP contribution in [0.25, 0.3) is 11.3 Å². The van der Waals surface area contributed by atoms with Crippen LogP contribution < -0.4 is 0 Å². The van der Waals surface area contributed by atoms with Crippen molar-refractivity contribution in [3.05, 3.63) is 41.6 Å². The van der Waals surface area contributed by atoms with E-state index < -0.39 is 5.79 Å². The van der Waals surface area contributed by atoms with Gasteiger partial charge < -0.3 is 14.4 Å². The highest BCUT2D eigenvalue weighted by atomic mass is 16.7. The van der Waals surface area contributed by atoms with E-state index in [0.717, 1.165) is 24.1 Å². The minimum atomic E-state index is -0.469. The molecule has 6 heteroatoms. The molecule has 0 N–H and O–H groups in total. The summed E-state index contributed by atoms with van der Waals surface area (Å²) < 4.78 is 13.2. The highest BCUT2D eigenvalue weighted by Crippen LogP contribution is 2.32. The first kappa shape index (κ1) is 19.2. The van der Waals surface area contributed by atoms with Crippen LogP contribution in [0.2, 0.25) is 0 Å². The topological polar surface area (TPSA) is 56.6 Å². The van der Waals surface area contributed by atoms with Crippen molar-refractivity contribution < 1.29 is 14.3 Å². The molecular formula is C22H29N3O3. The minimum absolute atomic E-state index is 0.0143. The van der Waals surface area contributed by atoms with Gasteiger partial charge in [-0.2, -0.15) is 5.10 Å². The molecule has 2 fully saturated rings. The van der Waals surface area contributed by atoms with Crippen molar-refractivity contribution in [2.75, 3.05) is 26.3 Å². The van der Waals surface area contributed by atoms with E-state index in [2.05, 4.69) is 50.1 Å². The van der Waals surface area contributed by atoms with E-state index in [0.29, 0.717) is 32.0 Å². The number of ether oxygens (including phenoxy) is 2. The van der Waals surface area contributed by atoms with Crippen LogP contribution in [0.3, 0.4) is 0 Å². The number of carbonyl (C=O) groups is 1. The van der Waals surface area contributed by atoms with Crippen molar-refractivity contribution in [3.63, 3.8) is 0 Å². The van der Waals surface area contributed by atoms with Gasteiger partial charge in [0.2, 0.25) is 0 Å². The van der Waals surface area contributed by atoms with Gasteiger partial charge in [0, 0.05) is 38.5 Å². The Morgan fingerprint density at radius 3 is 2.25 bits per heavy atom. The molecule has 2 saturated heterocycles. The van der Waals surface area contributed by atoms with Gasteiger partial charge in [-0.3, -0.25) is 9.48 Å². The van der Waals surface area contributed by atoms with Gasteiger partial charge in [-0.05, 0) is 17.0 Å². The monoisotopic (exact) mass is 383 g/mol. The van der Waals surface area contributed by atoms with Crippen molar-refractivity contribution in [1.82, 2.24) is 14.7 Å². The molecule has 2 aliphatic rings. The molecule has 28 heavy (non-hydrogen) atoms. The second kappa shape index (κ2) is 7.01. The summed E-state index contributed by atoms with van der Waals surface area (Å²) in [5.41, 5.74) is 3.85. The highest BCUT2D eigenvalue weighted by molar-refractivity contribution is 5.93. The van der Waals surface area contributed by atoms with E-state index >= 15 is 0 Å². The molecule has 0 bridgehead atoms.